The van der Waals surface area contributed by atoms with Crippen LogP contribution in [0.15, 0.2) is 24.3 Å². The molecule has 57 heavy (non-hydrogen) atoms. The molecule has 4 rings (SSSR count). The van der Waals surface area contributed by atoms with Gasteiger partial charge >= 0.3 is 0 Å². The fourth-order valence-electron chi connectivity index (χ4n) is 6.44. The first-order chi connectivity index (χ1) is 26.4. The molecular weight excluding hydrogens is 765 g/mol. The lowest BCUT2D eigenvalue weighted by Gasteiger charge is -2.38. The van der Waals surface area contributed by atoms with Crippen LogP contribution in [0, 0.1) is 0 Å². The molecule has 4 atom stereocenters. The molecule has 2 aliphatic heterocycles. The Morgan fingerprint density at radius 3 is 1.33 bits per heavy atom. The molecule has 320 valence electrons. The van der Waals surface area contributed by atoms with Crippen LogP contribution in [0.5, 0.6) is 23.0 Å². The van der Waals surface area contributed by atoms with Crippen molar-refractivity contribution in [2.45, 2.75) is 121 Å². The van der Waals surface area contributed by atoms with Crippen molar-refractivity contribution in [1.29, 1.82) is 0 Å². The van der Waals surface area contributed by atoms with Crippen LogP contribution in [0.4, 0.5) is 11.4 Å². The number of ether oxygens (including phenoxy) is 4. The van der Waals surface area contributed by atoms with Crippen LogP contribution >= 0.6 is 0 Å². The van der Waals surface area contributed by atoms with E-state index in [1.165, 1.54) is 14.2 Å². The van der Waals surface area contributed by atoms with Crippen molar-refractivity contribution in [3.63, 3.8) is 0 Å². The van der Waals surface area contributed by atoms with E-state index in [-0.39, 0.29) is 82.8 Å². The highest BCUT2D eigenvalue weighted by molar-refractivity contribution is 6.74. The van der Waals surface area contributed by atoms with E-state index in [1.54, 1.807) is 34.1 Å². The monoisotopic (exact) mass is 832 g/mol. The summed E-state index contributed by atoms with van der Waals surface area (Å²) in [5, 5.41) is 21.0. The number of hydrogen-bond acceptors (Lipinski definition) is 12. The summed E-state index contributed by atoms with van der Waals surface area (Å²) >= 11 is 0. The molecule has 0 aromatic heterocycles. The zero-order valence-electron chi connectivity index (χ0n) is 36.2. The first-order valence-corrected chi connectivity index (χ1v) is 25.7. The summed E-state index contributed by atoms with van der Waals surface area (Å²) < 4.78 is 36.1. The number of rotatable bonds is 16. The van der Waals surface area contributed by atoms with Crippen molar-refractivity contribution in [2.24, 2.45) is 0 Å². The van der Waals surface area contributed by atoms with Gasteiger partial charge in [-0.05, 0) is 61.2 Å². The molecule has 0 saturated carbocycles. The highest BCUT2D eigenvalue weighted by Gasteiger charge is 2.43. The first kappa shape index (κ1) is 46.1. The Kier molecular flexibility index (Phi) is 14.7. The highest BCUT2D eigenvalue weighted by atomic mass is 28.4. The molecule has 2 fully saturated rings. The van der Waals surface area contributed by atoms with E-state index in [9.17, 15) is 19.8 Å². The summed E-state index contributed by atoms with van der Waals surface area (Å²) in [7, 11) is -1.15. The minimum atomic E-state index is -2.07. The topological polar surface area (TPSA) is 188 Å². The SMILES string of the molecule is COc1cc(C(=O)N2C[C@H](O)C[C@H]2CO[Si](C)(C)C(C)(C)C)c(N)cc1OCCCOc1cc(N)c(C(=O)N2C[C@H](O)C[C@H]2CO[Si](C)(C)C(C)(C)C)cc1OC. The van der Waals surface area contributed by atoms with Gasteiger partial charge in [-0.1, -0.05) is 41.5 Å². The number of β-amino-alcohol motifs (C(OH)–C–C–N with tert-alkyl or cyclic N) is 2. The average molecular weight is 833 g/mol. The van der Waals surface area contributed by atoms with Crippen molar-refractivity contribution in [2.75, 3.05) is 65.2 Å². The van der Waals surface area contributed by atoms with Gasteiger partial charge in [0.05, 0.1) is 76.1 Å². The number of aliphatic hydroxyl groups is 2. The number of nitrogen functional groups attached to an aromatic ring is 2. The van der Waals surface area contributed by atoms with E-state index in [4.69, 9.17) is 39.3 Å². The van der Waals surface area contributed by atoms with E-state index in [1.807, 2.05) is 0 Å². The quantitative estimate of drug-likeness (QED) is 0.0891. The minimum absolute atomic E-state index is 0.0124. The van der Waals surface area contributed by atoms with Crippen molar-refractivity contribution >= 4 is 39.8 Å². The number of amides is 2. The lowest BCUT2D eigenvalue weighted by atomic mass is 10.1. The molecule has 0 radical (unpaired) electrons. The number of carbonyl (C=O) groups is 2. The maximum atomic E-state index is 13.8. The molecule has 2 saturated heterocycles. The van der Waals surface area contributed by atoms with Gasteiger partial charge in [0.1, 0.15) is 0 Å². The molecule has 6 N–H and O–H groups in total. The van der Waals surface area contributed by atoms with Gasteiger partial charge in [0.25, 0.3) is 11.8 Å². The third kappa shape index (κ3) is 10.9. The zero-order chi connectivity index (χ0) is 42.7. The maximum absolute atomic E-state index is 13.8. The largest absolute Gasteiger partial charge is 0.493 e. The second kappa shape index (κ2) is 18.2. The Labute approximate surface area is 341 Å². The first-order valence-electron chi connectivity index (χ1n) is 19.9. The fourth-order valence-corrected chi connectivity index (χ4v) is 8.52. The normalized spacial score (nSPS) is 20.5. The van der Waals surface area contributed by atoms with Gasteiger partial charge < -0.3 is 59.3 Å². The maximum Gasteiger partial charge on any atom is 0.256 e. The molecule has 2 heterocycles. The smallest absolute Gasteiger partial charge is 0.256 e. The molecule has 2 aromatic rings. The van der Waals surface area contributed by atoms with Crippen molar-refractivity contribution in [3.05, 3.63) is 35.4 Å². The molecule has 0 bridgehead atoms. The lowest BCUT2D eigenvalue weighted by molar-refractivity contribution is 0.0666. The van der Waals surface area contributed by atoms with Crippen LogP contribution < -0.4 is 30.4 Å². The Morgan fingerprint density at radius 2 is 1.02 bits per heavy atom. The van der Waals surface area contributed by atoms with Crippen LogP contribution in [0.25, 0.3) is 0 Å². The molecule has 2 amide bonds. The summed E-state index contributed by atoms with van der Waals surface area (Å²) in [5.74, 6) is 0.819. The van der Waals surface area contributed by atoms with Gasteiger partial charge in [-0.2, -0.15) is 0 Å². The number of nitrogens with zero attached hydrogens (tertiary/aromatic N) is 2. The van der Waals surface area contributed by atoms with E-state index < -0.39 is 28.8 Å². The Balaban J connectivity index is 1.36. The molecular formula is C41H68N4O10Si2. The van der Waals surface area contributed by atoms with Crippen molar-refractivity contribution < 1.29 is 47.6 Å². The minimum Gasteiger partial charge on any atom is -0.493 e. The van der Waals surface area contributed by atoms with Crippen LogP contribution in [-0.4, -0.2) is 126 Å². The molecule has 0 aliphatic carbocycles. The van der Waals surface area contributed by atoms with Crippen LogP contribution in [0.3, 0.4) is 0 Å². The van der Waals surface area contributed by atoms with E-state index in [2.05, 4.69) is 67.7 Å². The summed E-state index contributed by atoms with van der Waals surface area (Å²) in [5.41, 5.74) is 13.8. The van der Waals surface area contributed by atoms with Crippen molar-refractivity contribution in [3.8, 4) is 23.0 Å². The molecule has 14 nitrogen and oxygen atoms in total. The molecule has 2 aliphatic rings. The Morgan fingerprint density at radius 1 is 0.667 bits per heavy atom. The number of anilines is 2. The van der Waals surface area contributed by atoms with Crippen LogP contribution in [0.2, 0.25) is 36.3 Å². The Bertz CT molecular complexity index is 1600. The molecule has 0 unspecified atom stereocenters. The predicted octanol–water partition coefficient (Wildman–Crippen LogP) is 5.91. The van der Waals surface area contributed by atoms with Crippen molar-refractivity contribution in [1.82, 2.24) is 9.80 Å². The van der Waals surface area contributed by atoms with Gasteiger partial charge in [0.2, 0.25) is 0 Å². The van der Waals surface area contributed by atoms with E-state index >= 15 is 0 Å². The molecule has 0 spiro atoms. The number of methoxy groups -OCH3 is 2. The van der Waals surface area contributed by atoms with Gasteiger partial charge in [0, 0.05) is 43.0 Å². The van der Waals surface area contributed by atoms with E-state index in [0.717, 1.165) is 0 Å². The fraction of sp³-hybridized carbons (Fsp3) is 0.659. The molecule has 16 heteroatoms. The van der Waals surface area contributed by atoms with Gasteiger partial charge in [-0.15, -0.1) is 0 Å². The predicted molar refractivity (Wildman–Crippen MR) is 228 cm³/mol. The second-order valence-corrected chi connectivity index (χ2v) is 28.0. The van der Waals surface area contributed by atoms with Gasteiger partial charge in [-0.25, -0.2) is 0 Å². The number of hydrogen-bond donors (Lipinski definition) is 4. The summed E-state index contributed by atoms with van der Waals surface area (Å²) in [6.45, 7) is 23.2. The number of nitrogens with two attached hydrogens (primary N) is 2. The average Bonchev–Trinajstić information content (AvgIpc) is 3.69. The third-order valence-corrected chi connectivity index (χ3v) is 21.1. The van der Waals surface area contributed by atoms with Gasteiger partial charge in [-0.3, -0.25) is 9.59 Å². The number of carbonyl (C=O) groups excluding carboxylic acids is 2. The van der Waals surface area contributed by atoms with E-state index in [0.29, 0.717) is 55.5 Å². The third-order valence-electron chi connectivity index (χ3n) is 12.1. The van der Waals surface area contributed by atoms with Gasteiger partial charge in [0.15, 0.2) is 39.6 Å². The summed E-state index contributed by atoms with van der Waals surface area (Å²) in [4.78, 5) is 30.9. The number of benzene rings is 2. The highest BCUT2D eigenvalue weighted by Crippen LogP contribution is 2.40. The second-order valence-electron chi connectivity index (χ2n) is 18.4. The summed E-state index contributed by atoms with van der Waals surface area (Å²) in [6, 6.07) is 5.73. The Hall–Kier alpha value is -3.55. The van der Waals surface area contributed by atoms with Crippen LogP contribution in [-0.2, 0) is 8.85 Å². The zero-order valence-corrected chi connectivity index (χ0v) is 38.2. The number of likely N-dealkylation sites (tertiary alicyclic amines) is 2. The lowest BCUT2D eigenvalue weighted by Crippen LogP contribution is -2.46. The van der Waals surface area contributed by atoms with Crippen LogP contribution in [0.1, 0.15) is 81.5 Å². The summed E-state index contributed by atoms with van der Waals surface area (Å²) in [6.07, 6.45) is 0.0131. The number of aliphatic hydroxyl groups excluding tert-OH is 2. The molecule has 2 aromatic carbocycles. The standard InChI is InChI=1S/C41H68N4O10Si2/c1-40(2,3)56(9,10)54-24-26-16-28(46)22-44(26)38(48)30-18-34(50-7)36(20-32(30)42)52-14-13-15-53-37-21-33(43)31(19-35(37)51-8)39(49)45-23-29(47)17-27(45)25-55-57(11,12)41(4,5)6/h18-21,26-29,46-47H,13-17,22-25,42-43H2,1-12H3/t26-,27-,28+,29+/m0/s1.